The summed E-state index contributed by atoms with van der Waals surface area (Å²) in [6, 6.07) is 14.2. The van der Waals surface area contributed by atoms with Crippen LogP contribution in [0.25, 0.3) is 10.2 Å². The van der Waals surface area contributed by atoms with Crippen LogP contribution in [0.3, 0.4) is 0 Å². The molecule has 3 aromatic rings. The van der Waals surface area contributed by atoms with Crippen LogP contribution in [-0.4, -0.2) is 11.2 Å². The van der Waals surface area contributed by atoms with Crippen LogP contribution in [-0.2, 0) is 6.54 Å². The second-order valence-electron chi connectivity index (χ2n) is 9.37. The van der Waals surface area contributed by atoms with Crippen LogP contribution in [0.5, 0.6) is 5.75 Å². The molecule has 0 spiro atoms. The highest BCUT2D eigenvalue weighted by Gasteiger charge is 2.16. The molecule has 3 rings (SSSR count). The van der Waals surface area contributed by atoms with Crippen molar-refractivity contribution >= 4 is 32.9 Å². The average molecular weight is 495 g/mol. The number of benzene rings is 2. The average Bonchev–Trinajstić information content (AvgIpc) is 3.21. The van der Waals surface area contributed by atoms with Gasteiger partial charge in [-0.05, 0) is 37.0 Å². The highest BCUT2D eigenvalue weighted by molar-refractivity contribution is 7.16. The molecule has 0 amide bonds. The second kappa shape index (κ2) is 14.8. The van der Waals surface area contributed by atoms with E-state index in [0.717, 1.165) is 40.1 Å². The summed E-state index contributed by atoms with van der Waals surface area (Å²) in [7, 11) is 0. The first-order valence-electron chi connectivity index (χ1n) is 13.5. The predicted molar refractivity (Wildman–Crippen MR) is 148 cm³/mol. The van der Waals surface area contributed by atoms with Gasteiger partial charge in [-0.2, -0.15) is 5.11 Å². The van der Waals surface area contributed by atoms with E-state index >= 15 is 0 Å². The Morgan fingerprint density at radius 3 is 2.40 bits per heavy atom. The molecule has 5 nitrogen and oxygen atoms in total. The lowest BCUT2D eigenvalue weighted by molar-refractivity contribution is 0.305. The normalized spacial score (nSPS) is 12.8. The number of nitrogens with one attached hydrogen (secondary N) is 1. The van der Waals surface area contributed by atoms with Crippen LogP contribution in [0.4, 0.5) is 11.4 Å². The van der Waals surface area contributed by atoms with Crippen molar-refractivity contribution in [2.45, 2.75) is 91.5 Å². The van der Waals surface area contributed by atoms with Gasteiger partial charge in [0.25, 0.3) is 0 Å². The zero-order chi connectivity index (χ0) is 24.9. The lowest BCUT2D eigenvalue weighted by Gasteiger charge is -2.17. The van der Waals surface area contributed by atoms with Gasteiger partial charge in [0.2, 0.25) is 0 Å². The highest BCUT2D eigenvalue weighted by Crippen LogP contribution is 2.35. The van der Waals surface area contributed by atoms with E-state index in [1.165, 1.54) is 51.4 Å². The monoisotopic (exact) mass is 494 g/mol. The molecule has 190 valence electrons. The van der Waals surface area contributed by atoms with Crippen LogP contribution in [0.1, 0.15) is 85.0 Å². The molecule has 1 unspecified atom stereocenters. The van der Waals surface area contributed by atoms with Crippen molar-refractivity contribution in [2.24, 2.45) is 16.0 Å². The molecule has 1 aromatic heterocycles. The zero-order valence-corrected chi connectivity index (χ0v) is 22.6. The third kappa shape index (κ3) is 8.03. The summed E-state index contributed by atoms with van der Waals surface area (Å²) in [6.07, 6.45) is 12.2. The van der Waals surface area contributed by atoms with E-state index in [9.17, 15) is 0 Å². The van der Waals surface area contributed by atoms with E-state index in [4.69, 9.17) is 15.3 Å². The molecule has 0 radical (unpaired) electrons. The molecule has 0 bridgehead atoms. The summed E-state index contributed by atoms with van der Waals surface area (Å²) >= 11 is 1.67. The van der Waals surface area contributed by atoms with Crippen LogP contribution in [0, 0.1) is 11.4 Å². The minimum atomic E-state index is 0.598. The van der Waals surface area contributed by atoms with Crippen molar-refractivity contribution in [3.8, 4) is 5.75 Å². The standard InChI is InChI=1S/C29H42N4OS/c1-4-7-9-10-11-15-19-34-27-21-26-28(20-25(27)32-30)35-29(31-24-17-13-12-14-18-24)33(26)22-23(6-3)16-8-5-2/h12-14,17-18,20-21,23,30H,4-11,15-16,19,22H2,1-3H3. The first kappa shape index (κ1) is 27.1. The van der Waals surface area contributed by atoms with Gasteiger partial charge in [-0.25, -0.2) is 10.5 Å². The van der Waals surface area contributed by atoms with Gasteiger partial charge >= 0.3 is 0 Å². The van der Waals surface area contributed by atoms with Gasteiger partial charge in [0.05, 0.1) is 22.5 Å². The van der Waals surface area contributed by atoms with Crippen molar-refractivity contribution < 1.29 is 4.74 Å². The molecular weight excluding hydrogens is 452 g/mol. The molecule has 2 aromatic carbocycles. The van der Waals surface area contributed by atoms with Crippen molar-refractivity contribution in [1.29, 1.82) is 5.53 Å². The molecule has 1 atom stereocenters. The maximum atomic E-state index is 7.73. The van der Waals surface area contributed by atoms with Crippen molar-refractivity contribution in [2.75, 3.05) is 6.61 Å². The Balaban J connectivity index is 1.92. The number of aromatic nitrogens is 1. The molecule has 0 aliphatic heterocycles. The first-order chi connectivity index (χ1) is 17.2. The van der Waals surface area contributed by atoms with Crippen LogP contribution in [0.15, 0.2) is 52.6 Å². The van der Waals surface area contributed by atoms with Gasteiger partial charge < -0.3 is 9.30 Å². The summed E-state index contributed by atoms with van der Waals surface area (Å²) in [5.41, 5.74) is 10.4. The maximum absolute atomic E-state index is 7.73. The van der Waals surface area contributed by atoms with Crippen molar-refractivity contribution in [1.82, 2.24) is 4.57 Å². The summed E-state index contributed by atoms with van der Waals surface area (Å²) < 4.78 is 9.63. The van der Waals surface area contributed by atoms with Gasteiger partial charge in [0, 0.05) is 12.6 Å². The number of hydrogen-bond acceptors (Lipinski definition) is 5. The minimum Gasteiger partial charge on any atom is -0.491 e. The first-order valence-corrected chi connectivity index (χ1v) is 14.3. The zero-order valence-electron chi connectivity index (χ0n) is 21.8. The van der Waals surface area contributed by atoms with E-state index in [0.29, 0.717) is 24.0 Å². The summed E-state index contributed by atoms with van der Waals surface area (Å²) in [4.78, 5) is 6.00. The third-order valence-corrected chi connectivity index (χ3v) is 7.65. The number of fused-ring (bicyclic) bond motifs is 1. The number of nitrogens with zero attached hydrogens (tertiary/aromatic N) is 3. The number of thiazole rings is 1. The number of para-hydroxylation sites is 1. The lowest BCUT2D eigenvalue weighted by atomic mass is 9.99. The fraction of sp³-hybridized carbons (Fsp3) is 0.552. The largest absolute Gasteiger partial charge is 0.491 e. The van der Waals surface area contributed by atoms with Gasteiger partial charge in [-0.3, -0.25) is 0 Å². The van der Waals surface area contributed by atoms with Gasteiger partial charge in [0.1, 0.15) is 11.4 Å². The molecule has 0 fully saturated rings. The number of ether oxygens (including phenoxy) is 1. The predicted octanol–water partition coefficient (Wildman–Crippen LogP) is 9.55. The molecule has 0 saturated carbocycles. The maximum Gasteiger partial charge on any atom is 0.190 e. The number of unbranched alkanes of at least 4 members (excludes halogenated alkanes) is 6. The molecule has 0 saturated heterocycles. The molecule has 0 aliphatic rings. The van der Waals surface area contributed by atoms with E-state index < -0.39 is 0 Å². The Morgan fingerprint density at radius 1 is 0.943 bits per heavy atom. The Hall–Kier alpha value is -2.47. The molecule has 35 heavy (non-hydrogen) atoms. The Bertz CT molecular complexity index is 1100. The fourth-order valence-corrected chi connectivity index (χ4v) is 5.48. The van der Waals surface area contributed by atoms with Gasteiger partial charge in [-0.1, -0.05) is 102 Å². The second-order valence-corrected chi connectivity index (χ2v) is 10.4. The molecule has 0 aliphatic carbocycles. The number of hydrogen-bond donors (Lipinski definition) is 1. The minimum absolute atomic E-state index is 0.598. The fourth-order valence-electron chi connectivity index (χ4n) is 4.40. The highest BCUT2D eigenvalue weighted by atomic mass is 32.1. The van der Waals surface area contributed by atoms with E-state index in [1.54, 1.807) is 11.3 Å². The molecule has 6 heteroatoms. The third-order valence-electron chi connectivity index (χ3n) is 6.60. The van der Waals surface area contributed by atoms with E-state index in [2.05, 4.69) is 36.5 Å². The van der Waals surface area contributed by atoms with Crippen LogP contribution < -0.4 is 9.54 Å². The smallest absolute Gasteiger partial charge is 0.190 e. The van der Waals surface area contributed by atoms with Crippen LogP contribution >= 0.6 is 11.3 Å². The van der Waals surface area contributed by atoms with E-state index in [-0.39, 0.29) is 0 Å². The summed E-state index contributed by atoms with van der Waals surface area (Å²) in [5, 5.41) is 3.79. The molecule has 1 N–H and O–H groups in total. The van der Waals surface area contributed by atoms with E-state index in [1.807, 2.05) is 36.4 Å². The molecule has 1 heterocycles. The summed E-state index contributed by atoms with van der Waals surface area (Å²) in [6.45, 7) is 8.40. The number of rotatable bonds is 16. The Labute approximate surface area is 214 Å². The summed E-state index contributed by atoms with van der Waals surface area (Å²) in [5.74, 6) is 1.32. The quantitative estimate of drug-likeness (QED) is 0.156. The Morgan fingerprint density at radius 2 is 1.69 bits per heavy atom. The SMILES string of the molecule is CCCCCCCCOc1cc2c(cc1N=N)sc(=Nc1ccccc1)n2CC(CC)CCCC. The lowest BCUT2D eigenvalue weighted by Crippen LogP contribution is -2.20. The van der Waals surface area contributed by atoms with Crippen molar-refractivity contribution in [3.05, 3.63) is 47.3 Å². The Kier molecular flexibility index (Phi) is 11.5. The van der Waals surface area contributed by atoms with Gasteiger partial charge in [0.15, 0.2) is 4.80 Å². The topological polar surface area (TPSA) is 62.7 Å². The molecular formula is C29H42N4OS. The van der Waals surface area contributed by atoms with Gasteiger partial charge in [-0.15, -0.1) is 0 Å². The van der Waals surface area contributed by atoms with Crippen molar-refractivity contribution in [3.63, 3.8) is 0 Å². The van der Waals surface area contributed by atoms with Crippen LogP contribution in [0.2, 0.25) is 0 Å².